The van der Waals surface area contributed by atoms with Crippen molar-refractivity contribution in [2.24, 2.45) is 0 Å². The topological polar surface area (TPSA) is 30.5 Å². The van der Waals surface area contributed by atoms with Crippen molar-refractivity contribution in [3.05, 3.63) is 23.8 Å². The number of ether oxygens (including phenoxy) is 2. The lowest BCUT2D eigenvalue weighted by atomic mass is 9.90. The lowest BCUT2D eigenvalue weighted by Crippen LogP contribution is -2.33. The average molecular weight is 265 g/mol. The van der Waals surface area contributed by atoms with Gasteiger partial charge in [-0.05, 0) is 31.0 Å². The van der Waals surface area contributed by atoms with Crippen LogP contribution in [0.15, 0.2) is 18.2 Å². The average Bonchev–Trinajstić information content (AvgIpc) is 2.46. The molecule has 0 aliphatic carbocycles. The number of hydrogen-bond donors (Lipinski definition) is 1. The smallest absolute Gasteiger partial charge is 0.126 e. The van der Waals surface area contributed by atoms with Gasteiger partial charge in [0, 0.05) is 18.0 Å². The van der Waals surface area contributed by atoms with Crippen LogP contribution in [0, 0.1) is 0 Å². The predicted octanol–water partition coefficient (Wildman–Crippen LogP) is 3.59. The molecule has 0 aromatic heterocycles. The Hall–Kier alpha value is -1.22. The van der Waals surface area contributed by atoms with E-state index in [9.17, 15) is 0 Å². The van der Waals surface area contributed by atoms with Crippen molar-refractivity contribution >= 4 is 0 Å². The molecule has 1 rings (SSSR count). The van der Waals surface area contributed by atoms with E-state index in [-0.39, 0.29) is 0 Å². The summed E-state index contributed by atoms with van der Waals surface area (Å²) < 4.78 is 10.7. The van der Waals surface area contributed by atoms with Crippen LogP contribution in [-0.4, -0.2) is 26.8 Å². The van der Waals surface area contributed by atoms with Gasteiger partial charge in [-0.1, -0.05) is 26.8 Å². The zero-order chi connectivity index (χ0) is 14.3. The zero-order valence-corrected chi connectivity index (χ0v) is 12.8. The van der Waals surface area contributed by atoms with Gasteiger partial charge in [0.1, 0.15) is 11.5 Å². The second-order valence-electron chi connectivity index (χ2n) is 4.87. The van der Waals surface area contributed by atoms with E-state index < -0.39 is 0 Å². The quantitative estimate of drug-likeness (QED) is 0.779. The predicted molar refractivity (Wildman–Crippen MR) is 80.3 cm³/mol. The maximum absolute atomic E-state index is 5.50. The Morgan fingerprint density at radius 2 is 1.89 bits per heavy atom. The van der Waals surface area contributed by atoms with Gasteiger partial charge >= 0.3 is 0 Å². The highest BCUT2D eigenvalue weighted by Gasteiger charge is 2.20. The van der Waals surface area contributed by atoms with Gasteiger partial charge in [-0.15, -0.1) is 0 Å². The molecular weight excluding hydrogens is 238 g/mol. The third-order valence-electron chi connectivity index (χ3n) is 3.63. The summed E-state index contributed by atoms with van der Waals surface area (Å²) in [6, 6.07) is 6.54. The molecule has 0 fully saturated rings. The molecule has 1 N–H and O–H groups in total. The monoisotopic (exact) mass is 265 g/mol. The van der Waals surface area contributed by atoms with Crippen LogP contribution in [0.2, 0.25) is 0 Å². The lowest BCUT2D eigenvalue weighted by Gasteiger charge is -2.26. The van der Waals surface area contributed by atoms with Gasteiger partial charge in [-0.25, -0.2) is 0 Å². The first-order valence-electron chi connectivity index (χ1n) is 7.13. The van der Waals surface area contributed by atoms with Gasteiger partial charge in [0.05, 0.1) is 14.2 Å². The van der Waals surface area contributed by atoms with E-state index in [0.29, 0.717) is 12.0 Å². The minimum atomic E-state index is 0.414. The van der Waals surface area contributed by atoms with E-state index in [2.05, 4.69) is 32.2 Å². The van der Waals surface area contributed by atoms with E-state index in [1.54, 1.807) is 14.2 Å². The fourth-order valence-corrected chi connectivity index (χ4v) is 2.42. The molecule has 0 saturated heterocycles. The van der Waals surface area contributed by atoms with Crippen molar-refractivity contribution in [1.29, 1.82) is 0 Å². The second-order valence-corrected chi connectivity index (χ2v) is 4.87. The summed E-state index contributed by atoms with van der Waals surface area (Å²) in [6.07, 6.45) is 2.26. The van der Waals surface area contributed by atoms with Crippen LogP contribution in [0.4, 0.5) is 0 Å². The highest BCUT2D eigenvalue weighted by molar-refractivity contribution is 5.43. The fraction of sp³-hybridized carbons (Fsp3) is 0.625. The number of benzene rings is 1. The largest absolute Gasteiger partial charge is 0.497 e. The molecule has 3 heteroatoms. The maximum Gasteiger partial charge on any atom is 0.126 e. The molecule has 0 amide bonds. The first-order chi connectivity index (χ1) is 9.17. The summed E-state index contributed by atoms with van der Waals surface area (Å²) in [5, 5.41) is 3.61. The van der Waals surface area contributed by atoms with E-state index in [1.165, 1.54) is 5.56 Å². The van der Waals surface area contributed by atoms with Gasteiger partial charge in [-0.2, -0.15) is 0 Å². The SMILES string of the molecule is CCCNC(CC)C(C)c1ccc(OC)cc1OC. The normalized spacial score (nSPS) is 13.9. The number of nitrogens with one attached hydrogen (secondary N) is 1. The maximum atomic E-state index is 5.50. The molecule has 19 heavy (non-hydrogen) atoms. The van der Waals surface area contributed by atoms with E-state index in [4.69, 9.17) is 9.47 Å². The summed E-state index contributed by atoms with van der Waals surface area (Å²) in [5.41, 5.74) is 1.23. The highest BCUT2D eigenvalue weighted by atomic mass is 16.5. The second kappa shape index (κ2) is 8.05. The van der Waals surface area contributed by atoms with Gasteiger partial charge in [0.25, 0.3) is 0 Å². The number of hydrogen-bond acceptors (Lipinski definition) is 3. The molecule has 1 aromatic rings. The number of rotatable bonds is 8. The molecule has 0 heterocycles. The Morgan fingerprint density at radius 1 is 1.16 bits per heavy atom. The molecular formula is C16H27NO2. The van der Waals surface area contributed by atoms with Crippen molar-refractivity contribution < 1.29 is 9.47 Å². The van der Waals surface area contributed by atoms with Crippen LogP contribution in [-0.2, 0) is 0 Å². The third-order valence-corrected chi connectivity index (χ3v) is 3.63. The Labute approximate surface area is 117 Å². The molecule has 0 aliphatic heterocycles. The summed E-state index contributed by atoms with van der Waals surface area (Å²) in [7, 11) is 3.39. The summed E-state index contributed by atoms with van der Waals surface area (Å²) in [5.74, 6) is 2.16. The molecule has 3 nitrogen and oxygen atoms in total. The minimum absolute atomic E-state index is 0.414. The number of methoxy groups -OCH3 is 2. The van der Waals surface area contributed by atoms with Crippen LogP contribution in [0.3, 0.4) is 0 Å². The summed E-state index contributed by atoms with van der Waals surface area (Å²) >= 11 is 0. The van der Waals surface area contributed by atoms with Crippen LogP contribution in [0.25, 0.3) is 0 Å². The van der Waals surface area contributed by atoms with Gasteiger partial charge in [0.2, 0.25) is 0 Å². The molecule has 108 valence electrons. The van der Waals surface area contributed by atoms with Crippen molar-refractivity contribution in [1.82, 2.24) is 5.32 Å². The Kier molecular flexibility index (Phi) is 6.71. The molecule has 0 spiro atoms. The molecule has 0 aliphatic rings. The van der Waals surface area contributed by atoms with E-state index in [1.807, 2.05) is 12.1 Å². The van der Waals surface area contributed by atoms with Gasteiger partial charge < -0.3 is 14.8 Å². The van der Waals surface area contributed by atoms with Gasteiger partial charge in [0.15, 0.2) is 0 Å². The Balaban J connectivity index is 2.93. The molecule has 0 saturated carbocycles. The Bertz CT molecular complexity index is 379. The molecule has 0 bridgehead atoms. The molecule has 1 aromatic carbocycles. The van der Waals surface area contributed by atoms with E-state index >= 15 is 0 Å². The standard InChI is InChI=1S/C16H27NO2/c1-6-10-17-15(7-2)12(3)14-9-8-13(18-4)11-16(14)19-5/h8-9,11-12,15,17H,6-7,10H2,1-5H3. The van der Waals surface area contributed by atoms with Crippen LogP contribution < -0.4 is 14.8 Å². The summed E-state index contributed by atoms with van der Waals surface area (Å²) in [4.78, 5) is 0. The van der Waals surface area contributed by atoms with Crippen LogP contribution >= 0.6 is 0 Å². The molecule has 2 atom stereocenters. The van der Waals surface area contributed by atoms with Crippen molar-refractivity contribution in [3.8, 4) is 11.5 Å². The highest BCUT2D eigenvalue weighted by Crippen LogP contribution is 2.32. The first kappa shape index (κ1) is 15.8. The van der Waals surface area contributed by atoms with Crippen LogP contribution in [0.1, 0.15) is 45.1 Å². The Morgan fingerprint density at radius 3 is 2.42 bits per heavy atom. The third kappa shape index (κ3) is 4.13. The minimum Gasteiger partial charge on any atom is -0.497 e. The molecule has 0 radical (unpaired) electrons. The van der Waals surface area contributed by atoms with E-state index in [0.717, 1.165) is 30.9 Å². The molecule has 2 unspecified atom stereocenters. The summed E-state index contributed by atoms with van der Waals surface area (Å²) in [6.45, 7) is 7.72. The van der Waals surface area contributed by atoms with Crippen molar-refractivity contribution in [2.45, 2.75) is 45.6 Å². The lowest BCUT2D eigenvalue weighted by molar-refractivity contribution is 0.378. The first-order valence-corrected chi connectivity index (χ1v) is 7.13. The van der Waals surface area contributed by atoms with Gasteiger partial charge in [-0.3, -0.25) is 0 Å². The van der Waals surface area contributed by atoms with Crippen LogP contribution in [0.5, 0.6) is 11.5 Å². The van der Waals surface area contributed by atoms with Crippen molar-refractivity contribution in [3.63, 3.8) is 0 Å². The van der Waals surface area contributed by atoms with Crippen molar-refractivity contribution in [2.75, 3.05) is 20.8 Å². The zero-order valence-electron chi connectivity index (χ0n) is 12.8. The fourth-order valence-electron chi connectivity index (χ4n) is 2.42.